The molecule has 0 aliphatic heterocycles. The van der Waals surface area contributed by atoms with Crippen LogP contribution in [0.1, 0.15) is 61.9 Å². The number of carboxylic acids is 1. The predicted octanol–water partition coefficient (Wildman–Crippen LogP) is 5.78. The first-order valence-corrected chi connectivity index (χ1v) is 10.6. The van der Waals surface area contributed by atoms with Crippen LogP contribution < -0.4 is 14.8 Å². The van der Waals surface area contributed by atoms with E-state index in [4.69, 9.17) is 9.47 Å². The number of hydrogen-bond acceptors (Lipinski definition) is 4. The molecule has 0 heterocycles. The molecule has 0 aromatic heterocycles. The number of unbranched alkanes of at least 4 members (excludes halogenated alkanes) is 2. The molecule has 6 nitrogen and oxygen atoms in total. The predicted molar refractivity (Wildman–Crippen MR) is 123 cm³/mol. The maximum atomic E-state index is 12.2. The fraction of sp³-hybridized carbons (Fsp3) is 0.360. The summed E-state index contributed by atoms with van der Waals surface area (Å²) in [7, 11) is 1.59. The zero-order valence-electron chi connectivity index (χ0n) is 18.4. The summed E-state index contributed by atoms with van der Waals surface area (Å²) < 4.78 is 11.6. The average molecular weight is 426 g/mol. The average Bonchev–Trinajstić information content (AvgIpc) is 2.77. The maximum Gasteiger partial charge on any atom is 0.337 e. The summed E-state index contributed by atoms with van der Waals surface area (Å²) in [6.07, 6.45) is 8.58. The van der Waals surface area contributed by atoms with Gasteiger partial charge >= 0.3 is 5.97 Å². The Hall–Kier alpha value is -3.28. The highest BCUT2D eigenvalue weighted by atomic mass is 16.5. The van der Waals surface area contributed by atoms with Crippen molar-refractivity contribution in [3.8, 4) is 11.5 Å². The van der Waals surface area contributed by atoms with E-state index in [-0.39, 0.29) is 17.4 Å². The molecule has 1 amide bonds. The van der Waals surface area contributed by atoms with Crippen LogP contribution in [0.15, 0.2) is 48.5 Å². The summed E-state index contributed by atoms with van der Waals surface area (Å²) in [5.74, 6) is -0.231. The van der Waals surface area contributed by atoms with E-state index in [0.29, 0.717) is 11.5 Å². The molecule has 0 saturated heterocycles. The summed E-state index contributed by atoms with van der Waals surface area (Å²) in [6, 6.07) is 11.8. The number of nitrogens with one attached hydrogen (secondary N) is 1. The number of methoxy groups -OCH3 is 1. The highest BCUT2D eigenvalue weighted by Gasteiger charge is 2.13. The molecule has 0 spiro atoms. The standard InChI is InChI=1S/C25H31NO5/c1-4-6-7-10-19(5-2)31-22-15-13-18(17-23(22)30-3)14-16-24(27)26-21-12-9-8-11-20(21)25(28)29/h8-9,11-17,19H,4-7,10H2,1-3H3,(H,26,27)(H,28,29)/b16-14+. The van der Waals surface area contributed by atoms with Crippen LogP contribution in [0.2, 0.25) is 0 Å². The van der Waals surface area contributed by atoms with Crippen molar-refractivity contribution in [2.45, 2.75) is 52.1 Å². The SMILES string of the molecule is CCCCCC(CC)Oc1ccc(/C=C/C(=O)Nc2ccccc2C(=O)O)cc1OC. The van der Waals surface area contributed by atoms with Crippen molar-refractivity contribution in [2.75, 3.05) is 12.4 Å². The minimum atomic E-state index is -1.10. The largest absolute Gasteiger partial charge is 0.493 e. The van der Waals surface area contributed by atoms with Crippen LogP contribution in [0, 0.1) is 0 Å². The van der Waals surface area contributed by atoms with Crippen molar-refractivity contribution in [3.05, 3.63) is 59.7 Å². The Morgan fingerprint density at radius 1 is 1.10 bits per heavy atom. The fourth-order valence-corrected chi connectivity index (χ4v) is 3.16. The molecule has 6 heteroatoms. The van der Waals surface area contributed by atoms with Gasteiger partial charge in [-0.15, -0.1) is 0 Å². The molecule has 1 atom stereocenters. The normalized spacial score (nSPS) is 11.8. The van der Waals surface area contributed by atoms with E-state index in [1.807, 2.05) is 18.2 Å². The topological polar surface area (TPSA) is 84.9 Å². The van der Waals surface area contributed by atoms with Crippen LogP contribution in [0.4, 0.5) is 5.69 Å². The molecular formula is C25H31NO5. The second-order valence-corrected chi connectivity index (χ2v) is 7.23. The van der Waals surface area contributed by atoms with E-state index < -0.39 is 11.9 Å². The Kier molecular flexibility index (Phi) is 9.62. The third-order valence-electron chi connectivity index (χ3n) is 4.91. The number of carboxylic acid groups (broad SMARTS) is 1. The van der Waals surface area contributed by atoms with Crippen LogP contribution in [0.3, 0.4) is 0 Å². The van der Waals surface area contributed by atoms with Gasteiger partial charge in [-0.05, 0) is 55.2 Å². The van der Waals surface area contributed by atoms with E-state index in [2.05, 4.69) is 19.2 Å². The third-order valence-corrected chi connectivity index (χ3v) is 4.91. The Labute approximate surface area is 183 Å². The second-order valence-electron chi connectivity index (χ2n) is 7.23. The number of aromatic carboxylic acids is 1. The second kappa shape index (κ2) is 12.4. The van der Waals surface area contributed by atoms with Gasteiger partial charge in [0.05, 0.1) is 24.5 Å². The minimum Gasteiger partial charge on any atom is -0.493 e. The highest BCUT2D eigenvalue weighted by Crippen LogP contribution is 2.30. The summed E-state index contributed by atoms with van der Waals surface area (Å²) >= 11 is 0. The number of para-hydroxylation sites is 1. The van der Waals surface area contributed by atoms with Crippen molar-refractivity contribution in [3.63, 3.8) is 0 Å². The molecule has 2 N–H and O–H groups in total. The Balaban J connectivity index is 2.06. The van der Waals surface area contributed by atoms with E-state index >= 15 is 0 Å². The van der Waals surface area contributed by atoms with Crippen LogP contribution in [0.5, 0.6) is 11.5 Å². The third kappa shape index (κ3) is 7.48. The van der Waals surface area contributed by atoms with E-state index in [9.17, 15) is 14.7 Å². The summed E-state index contributed by atoms with van der Waals surface area (Å²) in [5.41, 5.74) is 1.06. The molecule has 2 aromatic rings. The zero-order chi connectivity index (χ0) is 22.6. The van der Waals surface area contributed by atoms with Gasteiger partial charge in [0.2, 0.25) is 5.91 Å². The zero-order valence-corrected chi connectivity index (χ0v) is 18.4. The lowest BCUT2D eigenvalue weighted by atomic mass is 10.1. The number of carbonyl (C=O) groups is 2. The van der Waals surface area contributed by atoms with Crippen LogP contribution in [0.25, 0.3) is 6.08 Å². The number of rotatable bonds is 12. The van der Waals surface area contributed by atoms with Crippen LogP contribution in [-0.2, 0) is 4.79 Å². The van der Waals surface area contributed by atoms with Gasteiger partial charge in [-0.2, -0.15) is 0 Å². The van der Waals surface area contributed by atoms with Crippen LogP contribution >= 0.6 is 0 Å². The molecule has 0 saturated carbocycles. The molecule has 1 unspecified atom stereocenters. The van der Waals surface area contributed by atoms with Crippen molar-refractivity contribution < 1.29 is 24.2 Å². The summed E-state index contributed by atoms with van der Waals surface area (Å²) in [5, 5.41) is 11.8. The highest BCUT2D eigenvalue weighted by molar-refractivity contribution is 6.06. The first-order chi connectivity index (χ1) is 15.0. The van der Waals surface area contributed by atoms with Crippen molar-refractivity contribution >= 4 is 23.6 Å². The van der Waals surface area contributed by atoms with E-state index in [1.165, 1.54) is 25.0 Å². The molecule has 0 aliphatic carbocycles. The lowest BCUT2D eigenvalue weighted by Gasteiger charge is -2.19. The Bertz CT molecular complexity index is 907. The molecule has 0 aliphatic rings. The quantitative estimate of drug-likeness (QED) is 0.332. The Morgan fingerprint density at radius 3 is 2.55 bits per heavy atom. The first kappa shape index (κ1) is 24.0. The number of benzene rings is 2. The van der Waals surface area contributed by atoms with Gasteiger partial charge in [0, 0.05) is 6.08 Å². The molecular weight excluding hydrogens is 394 g/mol. The molecule has 2 aromatic carbocycles. The summed E-state index contributed by atoms with van der Waals surface area (Å²) in [6.45, 7) is 4.30. The lowest BCUT2D eigenvalue weighted by molar-refractivity contribution is -0.111. The molecule has 2 rings (SSSR count). The van der Waals surface area contributed by atoms with Crippen molar-refractivity contribution in [1.82, 2.24) is 0 Å². The fourth-order valence-electron chi connectivity index (χ4n) is 3.16. The number of carbonyl (C=O) groups excluding carboxylic acids is 1. The number of ether oxygens (including phenoxy) is 2. The lowest BCUT2D eigenvalue weighted by Crippen LogP contribution is -2.15. The van der Waals surface area contributed by atoms with Gasteiger partial charge in [0.1, 0.15) is 0 Å². The smallest absolute Gasteiger partial charge is 0.337 e. The minimum absolute atomic E-state index is 0.0387. The molecule has 0 bridgehead atoms. The van der Waals surface area contributed by atoms with Crippen molar-refractivity contribution in [2.24, 2.45) is 0 Å². The first-order valence-electron chi connectivity index (χ1n) is 10.6. The summed E-state index contributed by atoms with van der Waals surface area (Å²) in [4.78, 5) is 23.5. The van der Waals surface area contributed by atoms with Gasteiger partial charge in [0.15, 0.2) is 11.5 Å². The number of amides is 1. The number of hydrogen-bond donors (Lipinski definition) is 2. The molecule has 0 radical (unpaired) electrons. The molecule has 31 heavy (non-hydrogen) atoms. The van der Waals surface area contributed by atoms with E-state index in [0.717, 1.165) is 24.8 Å². The van der Waals surface area contributed by atoms with E-state index in [1.54, 1.807) is 31.4 Å². The molecule has 0 fully saturated rings. The van der Waals surface area contributed by atoms with Gasteiger partial charge in [-0.1, -0.05) is 44.9 Å². The van der Waals surface area contributed by atoms with Gasteiger partial charge in [-0.3, -0.25) is 4.79 Å². The number of anilines is 1. The van der Waals surface area contributed by atoms with Crippen LogP contribution in [-0.4, -0.2) is 30.2 Å². The van der Waals surface area contributed by atoms with Gasteiger partial charge in [0.25, 0.3) is 0 Å². The van der Waals surface area contributed by atoms with Gasteiger partial charge in [-0.25, -0.2) is 4.79 Å². The monoisotopic (exact) mass is 425 g/mol. The van der Waals surface area contributed by atoms with Crippen molar-refractivity contribution in [1.29, 1.82) is 0 Å². The molecule has 166 valence electrons. The van der Waals surface area contributed by atoms with Gasteiger partial charge < -0.3 is 19.9 Å². The maximum absolute atomic E-state index is 12.2. The Morgan fingerprint density at radius 2 is 1.87 bits per heavy atom.